The van der Waals surface area contributed by atoms with E-state index in [9.17, 15) is 9.36 Å². The van der Waals surface area contributed by atoms with E-state index in [2.05, 4.69) is 0 Å². The van der Waals surface area contributed by atoms with Crippen molar-refractivity contribution in [2.45, 2.75) is 44.0 Å². The van der Waals surface area contributed by atoms with Gasteiger partial charge < -0.3 is 9.26 Å². The van der Waals surface area contributed by atoms with Crippen LogP contribution in [-0.4, -0.2) is 22.3 Å². The molecule has 7 heteroatoms. The number of ether oxygens (including phenoxy) is 1. The predicted molar refractivity (Wildman–Crippen MR) is 85.6 cm³/mol. The molecule has 0 spiro atoms. The van der Waals surface area contributed by atoms with Crippen molar-refractivity contribution in [3.8, 4) is 0 Å². The van der Waals surface area contributed by atoms with E-state index in [1.165, 1.54) is 0 Å². The van der Waals surface area contributed by atoms with Gasteiger partial charge in [0, 0.05) is 5.30 Å². The zero-order valence-corrected chi connectivity index (χ0v) is 14.8. The number of carbonyl (C=O) groups excluding carboxylic acids is 1. The highest BCUT2D eigenvalue weighted by molar-refractivity contribution is 7.73. The molecule has 1 aromatic rings. The zero-order chi connectivity index (χ0) is 16.3. The van der Waals surface area contributed by atoms with E-state index in [-0.39, 0.29) is 5.30 Å². The van der Waals surface area contributed by atoms with E-state index in [0.717, 1.165) is 0 Å². The lowest BCUT2D eigenvalue weighted by molar-refractivity contribution is -0.146. The highest BCUT2D eigenvalue weighted by atomic mass is 35.5. The van der Waals surface area contributed by atoms with Gasteiger partial charge in [0.05, 0.1) is 12.2 Å². The summed E-state index contributed by atoms with van der Waals surface area (Å²) < 4.78 is 21.5. The number of rotatable bonds is 6. The van der Waals surface area contributed by atoms with Crippen molar-refractivity contribution >= 4 is 41.8 Å². The first-order chi connectivity index (χ1) is 9.61. The number of carbonyl (C=O) groups is 1. The quantitative estimate of drug-likeness (QED) is 0.439. The monoisotopic (exact) mass is 352 g/mol. The Labute approximate surface area is 135 Å². The first-order valence-electron chi connectivity index (χ1n) is 6.54. The van der Waals surface area contributed by atoms with E-state index >= 15 is 0 Å². The second-order valence-corrected chi connectivity index (χ2v) is 9.39. The molecule has 0 N–H and O–H groups in total. The van der Waals surface area contributed by atoms with Crippen molar-refractivity contribution in [2.24, 2.45) is 0 Å². The summed E-state index contributed by atoms with van der Waals surface area (Å²) in [5, 5.41) is 0.268. The molecule has 0 saturated carbocycles. The fourth-order valence-corrected chi connectivity index (χ4v) is 4.56. The average Bonchev–Trinajstić information content (AvgIpc) is 2.37. The second kappa shape index (κ2) is 7.15. The molecule has 0 bridgehead atoms. The van der Waals surface area contributed by atoms with Gasteiger partial charge in [0.25, 0.3) is 11.4 Å². The van der Waals surface area contributed by atoms with Crippen LogP contribution in [0.1, 0.15) is 27.7 Å². The summed E-state index contributed by atoms with van der Waals surface area (Å²) in [4.78, 5) is 12.1. The van der Waals surface area contributed by atoms with Crippen LogP contribution in [0.25, 0.3) is 0 Å². The molecule has 0 saturated heterocycles. The highest BCUT2D eigenvalue weighted by Gasteiger charge is 2.56. The number of halogens is 2. The molecular weight excluding hydrogens is 334 g/mol. The molecule has 0 aliphatic heterocycles. The zero-order valence-electron chi connectivity index (χ0n) is 12.4. The Morgan fingerprint density at radius 3 is 2.05 bits per heavy atom. The van der Waals surface area contributed by atoms with Gasteiger partial charge in [-0.25, -0.2) is 4.79 Å². The number of hydrogen-bond acceptors (Lipinski definition) is 4. The molecule has 0 heterocycles. The molecular formula is C14H19Cl2O4P. The molecule has 21 heavy (non-hydrogen) atoms. The number of hydrogen-bond donors (Lipinski definition) is 0. The Balaban J connectivity index is 3.31. The van der Waals surface area contributed by atoms with Crippen LogP contribution < -0.4 is 5.30 Å². The van der Waals surface area contributed by atoms with Crippen LogP contribution in [-0.2, 0) is 18.6 Å². The molecule has 1 unspecified atom stereocenters. The second-order valence-electron chi connectivity index (χ2n) is 5.04. The Hall–Kier alpha value is -0.540. The van der Waals surface area contributed by atoms with Crippen LogP contribution in [0.15, 0.2) is 30.3 Å². The lowest BCUT2D eigenvalue weighted by Gasteiger charge is -2.30. The van der Waals surface area contributed by atoms with Gasteiger partial charge in [-0.05, 0) is 39.8 Å². The smallest absolute Gasteiger partial charge is 0.353 e. The maximum absolute atomic E-state index is 13.3. The van der Waals surface area contributed by atoms with Crippen LogP contribution in [0.5, 0.6) is 0 Å². The van der Waals surface area contributed by atoms with E-state index in [1.54, 1.807) is 58.0 Å². The number of esters is 1. The fraction of sp³-hybridized carbons (Fsp3) is 0.500. The molecule has 0 aliphatic carbocycles. The van der Waals surface area contributed by atoms with E-state index < -0.39 is 29.6 Å². The largest absolute Gasteiger partial charge is 0.460 e. The Kier molecular flexibility index (Phi) is 6.30. The summed E-state index contributed by atoms with van der Waals surface area (Å²) in [5.41, 5.74) is 0. The number of benzene rings is 1. The van der Waals surface area contributed by atoms with Gasteiger partial charge in [-0.15, -0.1) is 0 Å². The van der Waals surface area contributed by atoms with E-state index in [0.29, 0.717) is 0 Å². The van der Waals surface area contributed by atoms with Gasteiger partial charge in [0.1, 0.15) is 0 Å². The standard InChI is InChI=1S/C14H19Cl2O4P/c1-10(2)19-13(17)14(15,16)21(18,20-11(3)4)12-8-6-5-7-9-12/h5-11H,1-4H3. The lowest BCUT2D eigenvalue weighted by atomic mass is 10.4. The first kappa shape index (κ1) is 18.5. The molecule has 0 aromatic heterocycles. The van der Waals surface area contributed by atoms with Gasteiger partial charge in [-0.3, -0.25) is 4.57 Å². The van der Waals surface area contributed by atoms with Crippen molar-refractivity contribution in [1.29, 1.82) is 0 Å². The molecule has 0 fully saturated rings. The van der Waals surface area contributed by atoms with Crippen molar-refractivity contribution in [2.75, 3.05) is 0 Å². The summed E-state index contributed by atoms with van der Waals surface area (Å²) >= 11 is 12.2. The predicted octanol–water partition coefficient (Wildman–Crippen LogP) is 4.10. The molecule has 1 aromatic carbocycles. The van der Waals surface area contributed by atoms with Gasteiger partial charge in [0.15, 0.2) is 0 Å². The SMILES string of the molecule is CC(C)OC(=O)C(Cl)(Cl)P(=O)(OC(C)C)c1ccccc1. The lowest BCUT2D eigenvalue weighted by Crippen LogP contribution is -2.35. The van der Waals surface area contributed by atoms with Gasteiger partial charge >= 0.3 is 5.97 Å². The van der Waals surface area contributed by atoms with Crippen LogP contribution in [0.4, 0.5) is 0 Å². The van der Waals surface area contributed by atoms with Gasteiger partial charge in [-0.1, -0.05) is 41.4 Å². The molecule has 118 valence electrons. The summed E-state index contributed by atoms with van der Waals surface area (Å²) in [7, 11) is -3.89. The Morgan fingerprint density at radius 2 is 1.62 bits per heavy atom. The van der Waals surface area contributed by atoms with E-state index in [1.807, 2.05) is 0 Å². The van der Waals surface area contributed by atoms with Crippen LogP contribution in [0, 0.1) is 0 Å². The minimum atomic E-state index is -3.89. The van der Waals surface area contributed by atoms with Crippen molar-refractivity contribution < 1.29 is 18.6 Å². The third kappa shape index (κ3) is 4.23. The highest BCUT2D eigenvalue weighted by Crippen LogP contribution is 2.63. The van der Waals surface area contributed by atoms with Crippen LogP contribution >= 0.6 is 30.6 Å². The summed E-state index contributed by atoms with van der Waals surface area (Å²) in [6.07, 6.45) is -0.864. The Bertz CT molecular complexity index is 529. The number of alkyl halides is 2. The van der Waals surface area contributed by atoms with Crippen molar-refractivity contribution in [3.63, 3.8) is 0 Å². The molecule has 1 atom stereocenters. The van der Waals surface area contributed by atoms with Crippen LogP contribution in [0.2, 0.25) is 0 Å². The maximum atomic E-state index is 13.3. The van der Waals surface area contributed by atoms with Crippen molar-refractivity contribution in [3.05, 3.63) is 30.3 Å². The normalized spacial score (nSPS) is 15.0. The van der Waals surface area contributed by atoms with Crippen molar-refractivity contribution in [1.82, 2.24) is 0 Å². The first-order valence-corrected chi connectivity index (χ1v) is 8.92. The fourth-order valence-electron chi connectivity index (χ4n) is 1.62. The average molecular weight is 353 g/mol. The Morgan fingerprint density at radius 1 is 1.10 bits per heavy atom. The third-order valence-electron chi connectivity index (χ3n) is 2.41. The van der Waals surface area contributed by atoms with Gasteiger partial charge in [-0.2, -0.15) is 0 Å². The molecule has 1 rings (SSSR count). The minimum Gasteiger partial charge on any atom is -0.460 e. The maximum Gasteiger partial charge on any atom is 0.353 e. The molecule has 4 nitrogen and oxygen atoms in total. The van der Waals surface area contributed by atoms with Crippen LogP contribution in [0.3, 0.4) is 0 Å². The molecule has 0 radical (unpaired) electrons. The third-order valence-corrected chi connectivity index (χ3v) is 6.68. The molecule has 0 aliphatic rings. The van der Waals surface area contributed by atoms with Gasteiger partial charge in [0.2, 0.25) is 0 Å². The molecule has 0 amide bonds. The minimum absolute atomic E-state index is 0.268. The summed E-state index contributed by atoms with van der Waals surface area (Å²) in [5.74, 6) is -0.978. The topological polar surface area (TPSA) is 52.6 Å². The van der Waals surface area contributed by atoms with E-state index in [4.69, 9.17) is 32.5 Å². The summed E-state index contributed by atoms with van der Waals surface area (Å²) in [6, 6.07) is 8.21. The summed E-state index contributed by atoms with van der Waals surface area (Å²) in [6.45, 7) is 6.68.